The van der Waals surface area contributed by atoms with Gasteiger partial charge in [-0.1, -0.05) is 31.9 Å². The second kappa shape index (κ2) is 8.53. The van der Waals surface area contributed by atoms with Crippen LogP contribution in [0.4, 0.5) is 0 Å². The maximum absolute atomic E-state index is 11.7. The molecule has 0 saturated carbocycles. The quantitative estimate of drug-likeness (QED) is 0.756. The zero-order valence-electron chi connectivity index (χ0n) is 11.8. The Morgan fingerprint density at radius 3 is 2.63 bits per heavy atom. The monoisotopic (exact) mass is 264 g/mol. The van der Waals surface area contributed by atoms with Crippen molar-refractivity contribution >= 4 is 5.91 Å². The van der Waals surface area contributed by atoms with Crippen LogP contribution >= 0.6 is 0 Å². The lowest BCUT2D eigenvalue weighted by Gasteiger charge is -2.13. The Labute approximate surface area is 115 Å². The molecule has 3 N–H and O–H groups in total. The summed E-state index contributed by atoms with van der Waals surface area (Å²) in [6.07, 6.45) is 3.28. The maximum atomic E-state index is 11.7. The SMILES string of the molecule is CCCCC(C)NC(=O)COc1ccc(CN)cc1. The van der Waals surface area contributed by atoms with E-state index in [2.05, 4.69) is 12.2 Å². The molecule has 1 unspecified atom stereocenters. The normalized spacial score (nSPS) is 11.9. The molecule has 1 rings (SSSR count). The Balaban J connectivity index is 2.28. The first kappa shape index (κ1) is 15.5. The Morgan fingerprint density at radius 1 is 1.37 bits per heavy atom. The molecular weight excluding hydrogens is 240 g/mol. The van der Waals surface area contributed by atoms with Gasteiger partial charge in [-0.2, -0.15) is 0 Å². The lowest BCUT2D eigenvalue weighted by Crippen LogP contribution is -2.36. The molecule has 4 nitrogen and oxygen atoms in total. The summed E-state index contributed by atoms with van der Waals surface area (Å²) >= 11 is 0. The first-order valence-corrected chi connectivity index (χ1v) is 6.87. The van der Waals surface area contributed by atoms with Gasteiger partial charge in [0.15, 0.2) is 6.61 Å². The Bertz CT molecular complexity index is 376. The molecule has 106 valence electrons. The van der Waals surface area contributed by atoms with Gasteiger partial charge < -0.3 is 15.8 Å². The largest absolute Gasteiger partial charge is 0.484 e. The first-order valence-electron chi connectivity index (χ1n) is 6.87. The van der Waals surface area contributed by atoms with Crippen LogP contribution in [0.25, 0.3) is 0 Å². The van der Waals surface area contributed by atoms with Gasteiger partial charge in [-0.25, -0.2) is 0 Å². The number of carbonyl (C=O) groups excluding carboxylic acids is 1. The summed E-state index contributed by atoms with van der Waals surface area (Å²) in [7, 11) is 0. The average molecular weight is 264 g/mol. The van der Waals surface area contributed by atoms with Gasteiger partial charge in [0.2, 0.25) is 0 Å². The van der Waals surface area contributed by atoms with Crippen LogP contribution in [0, 0.1) is 0 Å². The van der Waals surface area contributed by atoms with Gasteiger partial charge >= 0.3 is 0 Å². The highest BCUT2D eigenvalue weighted by Gasteiger charge is 2.07. The van der Waals surface area contributed by atoms with Crippen molar-refractivity contribution in [2.45, 2.75) is 45.7 Å². The van der Waals surface area contributed by atoms with Crippen molar-refractivity contribution in [1.82, 2.24) is 5.32 Å². The van der Waals surface area contributed by atoms with E-state index in [0.717, 1.165) is 24.8 Å². The van der Waals surface area contributed by atoms with Gasteiger partial charge in [-0.3, -0.25) is 4.79 Å². The van der Waals surface area contributed by atoms with E-state index in [1.165, 1.54) is 0 Å². The highest BCUT2D eigenvalue weighted by Crippen LogP contribution is 2.11. The molecule has 0 fully saturated rings. The van der Waals surface area contributed by atoms with Gasteiger partial charge in [0.1, 0.15) is 5.75 Å². The zero-order chi connectivity index (χ0) is 14.1. The van der Waals surface area contributed by atoms with Gasteiger partial charge in [-0.05, 0) is 31.0 Å². The van der Waals surface area contributed by atoms with E-state index in [1.54, 1.807) is 0 Å². The summed E-state index contributed by atoms with van der Waals surface area (Å²) in [6.45, 7) is 4.72. The molecule has 1 aromatic rings. The van der Waals surface area contributed by atoms with E-state index in [1.807, 2.05) is 31.2 Å². The number of hydrogen-bond acceptors (Lipinski definition) is 3. The summed E-state index contributed by atoms with van der Waals surface area (Å²) in [4.78, 5) is 11.7. The van der Waals surface area contributed by atoms with Gasteiger partial charge in [-0.15, -0.1) is 0 Å². The van der Waals surface area contributed by atoms with Crippen molar-refractivity contribution in [3.63, 3.8) is 0 Å². The van der Waals surface area contributed by atoms with Crippen LogP contribution in [0.1, 0.15) is 38.7 Å². The lowest BCUT2D eigenvalue weighted by molar-refractivity contribution is -0.123. The second-order valence-electron chi connectivity index (χ2n) is 4.75. The summed E-state index contributed by atoms with van der Waals surface area (Å²) in [6, 6.07) is 7.66. The van der Waals surface area contributed by atoms with Crippen molar-refractivity contribution in [2.24, 2.45) is 5.73 Å². The number of unbranched alkanes of at least 4 members (excludes halogenated alkanes) is 1. The highest BCUT2D eigenvalue weighted by atomic mass is 16.5. The minimum Gasteiger partial charge on any atom is -0.484 e. The Hall–Kier alpha value is -1.55. The number of benzene rings is 1. The van der Waals surface area contributed by atoms with Crippen LogP contribution in [0.15, 0.2) is 24.3 Å². The number of hydrogen-bond donors (Lipinski definition) is 2. The van der Waals surface area contributed by atoms with Crippen molar-refractivity contribution in [2.75, 3.05) is 6.61 Å². The van der Waals surface area contributed by atoms with Crippen molar-refractivity contribution < 1.29 is 9.53 Å². The molecule has 0 saturated heterocycles. The minimum atomic E-state index is -0.0773. The number of nitrogens with one attached hydrogen (secondary N) is 1. The Kier molecular flexibility index (Phi) is 6.97. The molecule has 1 atom stereocenters. The van der Waals surface area contributed by atoms with E-state index >= 15 is 0 Å². The number of amides is 1. The van der Waals surface area contributed by atoms with Crippen LogP contribution in [0.3, 0.4) is 0 Å². The van der Waals surface area contributed by atoms with Crippen molar-refractivity contribution in [3.05, 3.63) is 29.8 Å². The molecule has 0 aliphatic rings. The van der Waals surface area contributed by atoms with E-state index in [4.69, 9.17) is 10.5 Å². The van der Waals surface area contributed by atoms with Gasteiger partial charge in [0.25, 0.3) is 5.91 Å². The fourth-order valence-electron chi connectivity index (χ4n) is 1.77. The van der Waals surface area contributed by atoms with Crippen molar-refractivity contribution in [3.8, 4) is 5.75 Å². The average Bonchev–Trinajstić information content (AvgIpc) is 2.43. The van der Waals surface area contributed by atoms with Crippen LogP contribution in [0.5, 0.6) is 5.75 Å². The fraction of sp³-hybridized carbons (Fsp3) is 0.533. The van der Waals surface area contributed by atoms with Gasteiger partial charge in [0.05, 0.1) is 0 Å². The predicted octanol–water partition coefficient (Wildman–Crippen LogP) is 2.22. The van der Waals surface area contributed by atoms with Crippen LogP contribution in [-0.2, 0) is 11.3 Å². The minimum absolute atomic E-state index is 0.0540. The fourth-order valence-corrected chi connectivity index (χ4v) is 1.77. The third-order valence-corrected chi connectivity index (χ3v) is 2.93. The summed E-state index contributed by atoms with van der Waals surface area (Å²) in [5, 5.41) is 2.92. The summed E-state index contributed by atoms with van der Waals surface area (Å²) < 4.78 is 5.42. The van der Waals surface area contributed by atoms with E-state index in [9.17, 15) is 4.79 Å². The predicted molar refractivity (Wildman–Crippen MR) is 77.0 cm³/mol. The molecule has 1 aromatic carbocycles. The number of nitrogens with two attached hydrogens (primary N) is 1. The van der Waals surface area contributed by atoms with Gasteiger partial charge in [0, 0.05) is 12.6 Å². The molecule has 4 heteroatoms. The highest BCUT2D eigenvalue weighted by molar-refractivity contribution is 5.77. The standard InChI is InChI=1S/C15H24N2O2/c1-3-4-5-12(2)17-15(18)11-19-14-8-6-13(10-16)7-9-14/h6-9,12H,3-5,10-11,16H2,1-2H3,(H,17,18). The molecule has 0 radical (unpaired) electrons. The molecule has 0 heterocycles. The molecule has 19 heavy (non-hydrogen) atoms. The number of carbonyl (C=O) groups is 1. The lowest BCUT2D eigenvalue weighted by atomic mass is 10.1. The smallest absolute Gasteiger partial charge is 0.258 e. The number of rotatable bonds is 8. The van der Waals surface area contributed by atoms with E-state index in [-0.39, 0.29) is 18.6 Å². The first-order chi connectivity index (χ1) is 9.15. The van der Waals surface area contributed by atoms with E-state index in [0.29, 0.717) is 12.3 Å². The molecule has 1 amide bonds. The molecule has 0 aliphatic carbocycles. The van der Waals surface area contributed by atoms with Crippen LogP contribution < -0.4 is 15.8 Å². The molecule has 0 aliphatic heterocycles. The summed E-state index contributed by atoms with van der Waals surface area (Å²) in [5.41, 5.74) is 6.56. The molecule has 0 spiro atoms. The zero-order valence-corrected chi connectivity index (χ0v) is 11.8. The van der Waals surface area contributed by atoms with Crippen LogP contribution in [0.2, 0.25) is 0 Å². The second-order valence-corrected chi connectivity index (χ2v) is 4.75. The Morgan fingerprint density at radius 2 is 2.05 bits per heavy atom. The maximum Gasteiger partial charge on any atom is 0.258 e. The number of ether oxygens (including phenoxy) is 1. The van der Waals surface area contributed by atoms with E-state index < -0.39 is 0 Å². The molecular formula is C15H24N2O2. The third-order valence-electron chi connectivity index (χ3n) is 2.93. The third kappa shape index (κ3) is 6.25. The van der Waals surface area contributed by atoms with Crippen LogP contribution in [-0.4, -0.2) is 18.6 Å². The molecule has 0 aromatic heterocycles. The molecule has 0 bridgehead atoms. The topological polar surface area (TPSA) is 64.3 Å². The van der Waals surface area contributed by atoms with Crippen molar-refractivity contribution in [1.29, 1.82) is 0 Å². The summed E-state index contributed by atoms with van der Waals surface area (Å²) in [5.74, 6) is 0.611.